The second-order valence-corrected chi connectivity index (χ2v) is 12.5. The van der Waals surface area contributed by atoms with Crippen molar-refractivity contribution in [2.24, 2.45) is 0 Å². The van der Waals surface area contributed by atoms with Crippen molar-refractivity contribution < 1.29 is 31.5 Å². The highest BCUT2D eigenvalue weighted by Crippen LogP contribution is 2.50. The summed E-state index contributed by atoms with van der Waals surface area (Å²) in [5, 5.41) is 0.0637. The summed E-state index contributed by atoms with van der Waals surface area (Å²) in [5.41, 5.74) is -2.52. The molecule has 0 N–H and O–H groups in total. The van der Waals surface area contributed by atoms with Crippen molar-refractivity contribution in [3.8, 4) is 11.1 Å². The Morgan fingerprint density at radius 2 is 1.90 bits per heavy atom. The molecule has 5 rings (SSSR count). The number of piperazine rings is 1. The molecule has 0 unspecified atom stereocenters. The van der Waals surface area contributed by atoms with Crippen LogP contribution < -0.4 is 10.6 Å². The predicted octanol–water partition coefficient (Wildman–Crippen LogP) is 5.87. The number of nitrogens with zero attached hydrogens (tertiary/aromatic N) is 4. The van der Waals surface area contributed by atoms with E-state index in [0.717, 1.165) is 23.9 Å². The Morgan fingerprint density at radius 3 is 2.55 bits per heavy atom. The van der Waals surface area contributed by atoms with Crippen LogP contribution in [0.3, 0.4) is 0 Å². The fourth-order valence-electron chi connectivity index (χ4n) is 5.68. The lowest BCUT2D eigenvalue weighted by molar-refractivity contribution is -0.137. The molecule has 7 nitrogen and oxygen atoms in total. The summed E-state index contributed by atoms with van der Waals surface area (Å²) in [7, 11) is 1.45. The van der Waals surface area contributed by atoms with Gasteiger partial charge in [-0.15, -0.1) is 11.8 Å². The number of amides is 1. The molecule has 1 fully saturated rings. The predicted molar refractivity (Wildman–Crippen MR) is 159 cm³/mol. The number of thioether (sulfide) groups is 1. The number of ether oxygens (including phenoxy) is 1. The van der Waals surface area contributed by atoms with E-state index in [1.807, 2.05) is 0 Å². The van der Waals surface area contributed by atoms with Gasteiger partial charge in [0.25, 0.3) is 0 Å². The van der Waals surface area contributed by atoms with Crippen molar-refractivity contribution in [2.75, 3.05) is 37.5 Å². The first-order valence-electron chi connectivity index (χ1n) is 12.9. The van der Waals surface area contributed by atoms with Crippen molar-refractivity contribution in [3.05, 3.63) is 62.1 Å². The molecule has 0 bridgehead atoms. The van der Waals surface area contributed by atoms with E-state index in [1.54, 1.807) is 46.2 Å². The Kier molecular flexibility index (Phi) is 8.35. The Balaban J connectivity index is 1.86. The molecule has 3 heterocycles. The largest absolute Gasteiger partial charge is 0.417 e. The Bertz CT molecular complexity index is 1660. The van der Waals surface area contributed by atoms with Gasteiger partial charge in [0.1, 0.15) is 17.5 Å². The molecule has 0 radical (unpaired) electrons. The zero-order valence-corrected chi connectivity index (χ0v) is 25.7. The number of aromatic nitrogens is 2. The SMILES string of the molecule is C=CC(=O)N1C[C@H](C)N(c2nc(=O)n3c4c(c(-c5cc(I)c(F)cc5F)c(C(F)(F)F)cc24)SC[C@@H]3COC)C[C@H]1C. The van der Waals surface area contributed by atoms with Gasteiger partial charge >= 0.3 is 11.9 Å². The average molecular weight is 721 g/mol. The average Bonchev–Trinajstić information content (AvgIpc) is 2.93. The number of benzene rings is 2. The van der Waals surface area contributed by atoms with Crippen LogP contribution in [0.4, 0.5) is 27.8 Å². The van der Waals surface area contributed by atoms with Crippen LogP contribution >= 0.6 is 34.4 Å². The smallest absolute Gasteiger partial charge is 0.383 e. The maximum atomic E-state index is 15.2. The van der Waals surface area contributed by atoms with Gasteiger partial charge in [-0.3, -0.25) is 9.36 Å². The molecular formula is C28H26F5IN4O3S. The molecule has 1 amide bonds. The normalized spacial score (nSPS) is 20.7. The lowest BCUT2D eigenvalue weighted by Crippen LogP contribution is -2.58. The van der Waals surface area contributed by atoms with Gasteiger partial charge in [-0.2, -0.15) is 18.2 Å². The number of hydrogen-bond donors (Lipinski definition) is 0. The Hall–Kier alpha value is -2.72. The first kappa shape index (κ1) is 30.7. The quantitative estimate of drug-likeness (QED) is 0.142. The van der Waals surface area contributed by atoms with E-state index in [0.29, 0.717) is 6.07 Å². The lowest BCUT2D eigenvalue weighted by Gasteiger charge is -2.45. The standard InChI is InChI=1S/C28H26F5IN4O3S/c1-5-22(39)36-9-14(3)37(10-13(36)2)26-17-6-18(28(31,32)33)23(16-7-21(34)20(30)8-19(16)29)25-24(17)38(27(40)35-26)15(11-41-4)12-42-25/h5-8,13-15H,1,9-12H2,2-4H3/t13-,14+,15+/m1/s1. The summed E-state index contributed by atoms with van der Waals surface area (Å²) in [6.07, 6.45) is -3.73. The fourth-order valence-corrected chi connectivity index (χ4v) is 7.46. The van der Waals surface area contributed by atoms with Crippen molar-refractivity contribution in [2.45, 2.75) is 43.0 Å². The van der Waals surface area contributed by atoms with Crippen LogP contribution in [0.15, 0.2) is 40.5 Å². The lowest BCUT2D eigenvalue weighted by atomic mass is 9.95. The molecule has 2 aromatic carbocycles. The molecule has 42 heavy (non-hydrogen) atoms. The van der Waals surface area contributed by atoms with Gasteiger partial charge in [-0.25, -0.2) is 13.6 Å². The third-order valence-electron chi connectivity index (χ3n) is 7.59. The van der Waals surface area contributed by atoms with E-state index in [1.165, 1.54) is 17.8 Å². The molecule has 0 saturated carbocycles. The van der Waals surface area contributed by atoms with Gasteiger partial charge in [0.15, 0.2) is 0 Å². The summed E-state index contributed by atoms with van der Waals surface area (Å²) < 4.78 is 80.3. The minimum absolute atomic E-state index is 0.0439. The molecule has 3 atom stereocenters. The van der Waals surface area contributed by atoms with Crippen LogP contribution in [0, 0.1) is 15.2 Å². The van der Waals surface area contributed by atoms with Crippen molar-refractivity contribution in [3.63, 3.8) is 0 Å². The molecule has 0 aliphatic carbocycles. The number of hydrogen-bond acceptors (Lipinski definition) is 6. The van der Waals surface area contributed by atoms with E-state index >= 15 is 4.39 Å². The number of methoxy groups -OCH3 is 1. The first-order valence-corrected chi connectivity index (χ1v) is 15.0. The third-order valence-corrected chi connectivity index (χ3v) is 9.65. The maximum absolute atomic E-state index is 15.2. The minimum Gasteiger partial charge on any atom is -0.383 e. The van der Waals surface area contributed by atoms with Gasteiger partial charge in [-0.1, -0.05) is 6.58 Å². The highest BCUT2D eigenvalue weighted by molar-refractivity contribution is 14.1. The highest BCUT2D eigenvalue weighted by Gasteiger charge is 2.41. The monoisotopic (exact) mass is 720 g/mol. The molecule has 3 aromatic rings. The summed E-state index contributed by atoms with van der Waals surface area (Å²) in [5.74, 6) is -2.11. The second-order valence-electron chi connectivity index (χ2n) is 10.3. The van der Waals surface area contributed by atoms with Crippen molar-refractivity contribution in [1.82, 2.24) is 14.5 Å². The molecular weight excluding hydrogens is 694 g/mol. The van der Waals surface area contributed by atoms with Crippen molar-refractivity contribution in [1.29, 1.82) is 0 Å². The number of carbonyl (C=O) groups excluding carboxylic acids is 1. The number of halogens is 6. The number of rotatable bonds is 5. The van der Waals surface area contributed by atoms with Gasteiger partial charge in [0.05, 0.1) is 23.7 Å². The zero-order chi connectivity index (χ0) is 30.7. The van der Waals surface area contributed by atoms with E-state index in [9.17, 15) is 27.2 Å². The van der Waals surface area contributed by atoms with Crippen molar-refractivity contribution >= 4 is 57.0 Å². The Labute approximate surface area is 255 Å². The zero-order valence-electron chi connectivity index (χ0n) is 22.8. The van der Waals surface area contributed by atoms with E-state index < -0.39 is 52.3 Å². The maximum Gasteiger partial charge on any atom is 0.417 e. The van der Waals surface area contributed by atoms with E-state index in [-0.39, 0.29) is 62.6 Å². The molecule has 0 spiro atoms. The van der Waals surface area contributed by atoms with E-state index in [4.69, 9.17) is 4.74 Å². The minimum atomic E-state index is -4.93. The van der Waals surface area contributed by atoms with Gasteiger partial charge in [0.2, 0.25) is 5.91 Å². The van der Waals surface area contributed by atoms with Gasteiger partial charge in [0, 0.05) is 69.1 Å². The summed E-state index contributed by atoms with van der Waals surface area (Å²) >= 11 is 2.66. The number of alkyl halides is 3. The topological polar surface area (TPSA) is 67.7 Å². The molecule has 1 saturated heterocycles. The van der Waals surface area contributed by atoms with Crippen LogP contribution in [0.1, 0.15) is 25.5 Å². The van der Waals surface area contributed by atoms with Gasteiger partial charge < -0.3 is 14.5 Å². The fraction of sp³-hybridized carbons (Fsp3) is 0.393. The van der Waals surface area contributed by atoms with Crippen LogP contribution in [0.5, 0.6) is 0 Å². The number of anilines is 1. The summed E-state index contributed by atoms with van der Waals surface area (Å²) in [6, 6.07) is 1.19. The van der Waals surface area contributed by atoms with Gasteiger partial charge in [-0.05, 0) is 54.6 Å². The third kappa shape index (κ3) is 5.19. The molecule has 224 valence electrons. The second kappa shape index (κ2) is 11.4. The van der Waals surface area contributed by atoms with Crippen LogP contribution in [0.2, 0.25) is 0 Å². The van der Waals surface area contributed by atoms with Crippen LogP contribution in [-0.2, 0) is 15.7 Å². The molecule has 1 aromatic heterocycles. The summed E-state index contributed by atoms with van der Waals surface area (Å²) in [4.78, 5) is 33.7. The first-order chi connectivity index (χ1) is 19.8. The highest BCUT2D eigenvalue weighted by atomic mass is 127. The molecule has 2 aliphatic heterocycles. The van der Waals surface area contributed by atoms with Crippen LogP contribution in [-0.4, -0.2) is 65.0 Å². The molecule has 14 heteroatoms. The number of carbonyl (C=O) groups is 1. The molecule has 2 aliphatic rings. The van der Waals surface area contributed by atoms with Crippen LogP contribution in [0.25, 0.3) is 22.0 Å². The Morgan fingerprint density at radius 1 is 1.19 bits per heavy atom. The summed E-state index contributed by atoms with van der Waals surface area (Å²) in [6.45, 7) is 7.64. The van der Waals surface area contributed by atoms with E-state index in [2.05, 4.69) is 11.6 Å².